The maximum Gasteiger partial charge on any atom is 0.329 e. The Labute approximate surface area is 139 Å². The van der Waals surface area contributed by atoms with Crippen LogP contribution in [0.5, 0.6) is 0 Å². The number of fused-ring (bicyclic) bond motifs is 1. The largest absolute Gasteiger partial charge is 0.354 e. The summed E-state index contributed by atoms with van der Waals surface area (Å²) in [6.45, 7) is 4.30. The number of hydrogen-bond donors (Lipinski definition) is 3. The number of aromatic nitrogens is 2. The van der Waals surface area contributed by atoms with E-state index >= 15 is 0 Å². The summed E-state index contributed by atoms with van der Waals surface area (Å²) in [5, 5.41) is 6.56. The lowest BCUT2D eigenvalue weighted by atomic mass is 9.81. The standard InChI is InChI=1S/C17H22N4O3/c1-17(6-8-18-9-7-17)11-19-14(22)10-21-15(23)12-4-2-3-5-13(12)20-16(21)24/h2-5,18H,6-11H2,1H3,(H,19,22)(H,20,24). The summed E-state index contributed by atoms with van der Waals surface area (Å²) in [5.41, 5.74) is -0.479. The lowest BCUT2D eigenvalue weighted by Crippen LogP contribution is -2.45. The highest BCUT2D eigenvalue weighted by molar-refractivity contribution is 5.78. The van der Waals surface area contributed by atoms with E-state index in [1.807, 2.05) is 0 Å². The molecule has 128 valence electrons. The molecular weight excluding hydrogens is 308 g/mol. The third-order valence-corrected chi connectivity index (χ3v) is 4.71. The third kappa shape index (κ3) is 3.41. The summed E-state index contributed by atoms with van der Waals surface area (Å²) in [4.78, 5) is 39.3. The second kappa shape index (κ2) is 6.60. The molecule has 2 heterocycles. The van der Waals surface area contributed by atoms with Gasteiger partial charge in [-0.25, -0.2) is 4.79 Å². The normalized spacial score (nSPS) is 16.9. The van der Waals surface area contributed by atoms with E-state index < -0.39 is 11.2 Å². The van der Waals surface area contributed by atoms with Gasteiger partial charge in [-0.3, -0.25) is 14.2 Å². The third-order valence-electron chi connectivity index (χ3n) is 4.71. The Kier molecular flexibility index (Phi) is 4.53. The predicted molar refractivity (Wildman–Crippen MR) is 92.0 cm³/mol. The minimum atomic E-state index is -0.568. The van der Waals surface area contributed by atoms with Gasteiger partial charge in [-0.05, 0) is 43.5 Å². The van der Waals surface area contributed by atoms with Gasteiger partial charge in [0.1, 0.15) is 6.54 Å². The fraction of sp³-hybridized carbons (Fsp3) is 0.471. The van der Waals surface area contributed by atoms with Crippen molar-refractivity contribution in [3.8, 4) is 0 Å². The van der Waals surface area contributed by atoms with Crippen molar-refractivity contribution in [1.29, 1.82) is 0 Å². The van der Waals surface area contributed by atoms with Gasteiger partial charge in [0.05, 0.1) is 10.9 Å². The van der Waals surface area contributed by atoms with Crippen molar-refractivity contribution in [2.45, 2.75) is 26.3 Å². The van der Waals surface area contributed by atoms with Crippen molar-refractivity contribution < 1.29 is 4.79 Å². The Morgan fingerprint density at radius 2 is 1.96 bits per heavy atom. The van der Waals surface area contributed by atoms with Gasteiger partial charge in [-0.15, -0.1) is 0 Å². The molecule has 0 saturated carbocycles. The minimum Gasteiger partial charge on any atom is -0.354 e. The molecule has 0 atom stereocenters. The molecule has 0 radical (unpaired) electrons. The number of amides is 1. The first-order valence-electron chi connectivity index (χ1n) is 8.18. The number of para-hydroxylation sites is 1. The molecule has 1 fully saturated rings. The van der Waals surface area contributed by atoms with Gasteiger partial charge in [0.2, 0.25) is 5.91 Å². The first-order valence-corrected chi connectivity index (χ1v) is 8.18. The topological polar surface area (TPSA) is 96.0 Å². The fourth-order valence-corrected chi connectivity index (χ4v) is 3.06. The number of hydrogen-bond acceptors (Lipinski definition) is 4. The van der Waals surface area contributed by atoms with E-state index in [9.17, 15) is 14.4 Å². The van der Waals surface area contributed by atoms with Gasteiger partial charge in [0, 0.05) is 6.54 Å². The van der Waals surface area contributed by atoms with E-state index in [0.29, 0.717) is 17.4 Å². The smallest absolute Gasteiger partial charge is 0.329 e. The molecule has 1 aromatic carbocycles. The van der Waals surface area contributed by atoms with Crippen LogP contribution in [0, 0.1) is 5.41 Å². The number of aromatic amines is 1. The first kappa shape index (κ1) is 16.4. The van der Waals surface area contributed by atoms with E-state index in [2.05, 4.69) is 22.5 Å². The molecule has 3 N–H and O–H groups in total. The number of carbonyl (C=O) groups excluding carboxylic acids is 1. The maximum absolute atomic E-state index is 12.4. The van der Waals surface area contributed by atoms with Crippen molar-refractivity contribution >= 4 is 16.8 Å². The molecule has 0 unspecified atom stereocenters. The SMILES string of the molecule is CC1(CNC(=O)Cn2c(=O)[nH]c3ccccc3c2=O)CCNCC1. The van der Waals surface area contributed by atoms with E-state index in [1.54, 1.807) is 24.3 Å². The molecule has 0 aliphatic carbocycles. The summed E-state index contributed by atoms with van der Waals surface area (Å²) >= 11 is 0. The molecule has 1 saturated heterocycles. The molecule has 1 aliphatic rings. The summed E-state index contributed by atoms with van der Waals surface area (Å²) in [7, 11) is 0. The van der Waals surface area contributed by atoms with Crippen LogP contribution in [0.4, 0.5) is 0 Å². The van der Waals surface area contributed by atoms with Gasteiger partial charge in [-0.2, -0.15) is 0 Å². The van der Waals surface area contributed by atoms with Gasteiger partial charge in [-0.1, -0.05) is 19.1 Å². The zero-order chi connectivity index (χ0) is 17.2. The van der Waals surface area contributed by atoms with E-state index in [1.165, 1.54) is 0 Å². The molecule has 0 spiro atoms. The van der Waals surface area contributed by atoms with Crippen LogP contribution in [0.1, 0.15) is 19.8 Å². The van der Waals surface area contributed by atoms with Crippen LogP contribution in [0.3, 0.4) is 0 Å². The fourth-order valence-electron chi connectivity index (χ4n) is 3.06. The number of carbonyl (C=O) groups is 1. The quantitative estimate of drug-likeness (QED) is 0.746. The highest BCUT2D eigenvalue weighted by atomic mass is 16.2. The van der Waals surface area contributed by atoms with Gasteiger partial charge >= 0.3 is 5.69 Å². The van der Waals surface area contributed by atoms with Crippen LogP contribution in [-0.4, -0.2) is 35.1 Å². The lowest BCUT2D eigenvalue weighted by Gasteiger charge is -2.34. The molecule has 1 aliphatic heterocycles. The maximum atomic E-state index is 12.4. The number of nitrogens with zero attached hydrogens (tertiary/aromatic N) is 1. The second-order valence-electron chi connectivity index (χ2n) is 6.70. The Morgan fingerprint density at radius 3 is 2.71 bits per heavy atom. The highest BCUT2D eigenvalue weighted by Crippen LogP contribution is 2.26. The molecule has 24 heavy (non-hydrogen) atoms. The van der Waals surface area contributed by atoms with Crippen LogP contribution >= 0.6 is 0 Å². The molecule has 0 bridgehead atoms. The zero-order valence-corrected chi connectivity index (χ0v) is 13.7. The van der Waals surface area contributed by atoms with Gasteiger partial charge in [0.15, 0.2) is 0 Å². The Morgan fingerprint density at radius 1 is 1.25 bits per heavy atom. The molecule has 2 aromatic rings. The van der Waals surface area contributed by atoms with Crippen molar-refractivity contribution in [2.75, 3.05) is 19.6 Å². The number of nitrogens with one attached hydrogen (secondary N) is 3. The lowest BCUT2D eigenvalue weighted by molar-refractivity contribution is -0.122. The Bertz CT molecular complexity index is 862. The van der Waals surface area contributed by atoms with Crippen LogP contribution in [0.15, 0.2) is 33.9 Å². The van der Waals surface area contributed by atoms with Crippen LogP contribution in [0.25, 0.3) is 10.9 Å². The Balaban J connectivity index is 1.74. The van der Waals surface area contributed by atoms with Gasteiger partial charge in [0.25, 0.3) is 5.56 Å². The van der Waals surface area contributed by atoms with Crippen molar-refractivity contribution in [3.05, 3.63) is 45.1 Å². The molecule has 1 amide bonds. The molecule has 7 heteroatoms. The molecule has 1 aromatic heterocycles. The van der Waals surface area contributed by atoms with E-state index in [0.717, 1.165) is 30.5 Å². The van der Waals surface area contributed by atoms with Crippen molar-refractivity contribution in [1.82, 2.24) is 20.2 Å². The number of H-pyrrole nitrogens is 1. The number of piperidine rings is 1. The van der Waals surface area contributed by atoms with Crippen molar-refractivity contribution in [3.63, 3.8) is 0 Å². The van der Waals surface area contributed by atoms with Crippen LogP contribution < -0.4 is 21.9 Å². The Hall–Kier alpha value is -2.41. The zero-order valence-electron chi connectivity index (χ0n) is 13.7. The highest BCUT2D eigenvalue weighted by Gasteiger charge is 2.27. The monoisotopic (exact) mass is 330 g/mol. The molecule has 7 nitrogen and oxygen atoms in total. The van der Waals surface area contributed by atoms with Crippen LogP contribution in [0.2, 0.25) is 0 Å². The van der Waals surface area contributed by atoms with E-state index in [-0.39, 0.29) is 17.9 Å². The van der Waals surface area contributed by atoms with Crippen molar-refractivity contribution in [2.24, 2.45) is 5.41 Å². The number of benzene rings is 1. The summed E-state index contributed by atoms with van der Waals surface area (Å²) < 4.78 is 0.947. The summed E-state index contributed by atoms with van der Waals surface area (Å²) in [5.74, 6) is -0.322. The average Bonchev–Trinajstić information content (AvgIpc) is 2.58. The molecule has 3 rings (SSSR count). The second-order valence-corrected chi connectivity index (χ2v) is 6.70. The molecular formula is C17H22N4O3. The first-order chi connectivity index (χ1) is 11.5. The minimum absolute atomic E-state index is 0.0572. The summed E-state index contributed by atoms with van der Waals surface area (Å²) in [6.07, 6.45) is 1.98. The average molecular weight is 330 g/mol. The summed E-state index contributed by atoms with van der Waals surface area (Å²) in [6, 6.07) is 6.78. The van der Waals surface area contributed by atoms with Gasteiger partial charge < -0.3 is 15.6 Å². The predicted octanol–water partition coefficient (Wildman–Crippen LogP) is 0.196. The van der Waals surface area contributed by atoms with E-state index in [4.69, 9.17) is 0 Å². The number of rotatable bonds is 4. The van der Waals surface area contributed by atoms with Crippen LogP contribution in [-0.2, 0) is 11.3 Å².